The van der Waals surface area contributed by atoms with E-state index in [1.54, 1.807) is 36.4 Å². The average Bonchev–Trinajstić information content (AvgIpc) is 2.56. The molecular weight excluding hydrogens is 306 g/mol. The van der Waals surface area contributed by atoms with Gasteiger partial charge in [-0.15, -0.1) is 0 Å². The Morgan fingerprint density at radius 1 is 0.696 bits per heavy atom. The second-order valence-electron chi connectivity index (χ2n) is 5.28. The maximum atomic E-state index is 12.4. The fourth-order valence-electron chi connectivity index (χ4n) is 2.39. The molecule has 3 aromatic rings. The molecular formula is C19H17NO2S. The summed E-state index contributed by atoms with van der Waals surface area (Å²) >= 11 is 0. The molecule has 4 heteroatoms. The quantitative estimate of drug-likeness (QED) is 0.769. The molecule has 0 aliphatic carbocycles. The van der Waals surface area contributed by atoms with E-state index in [4.69, 9.17) is 0 Å². The molecule has 0 saturated carbocycles. The molecule has 0 aliphatic heterocycles. The lowest BCUT2D eigenvalue weighted by Gasteiger charge is -2.09. The molecule has 116 valence electrons. The van der Waals surface area contributed by atoms with E-state index in [1.165, 1.54) is 5.56 Å². The van der Waals surface area contributed by atoms with Gasteiger partial charge in [-0.1, -0.05) is 60.7 Å². The van der Waals surface area contributed by atoms with Gasteiger partial charge in [-0.2, -0.15) is 0 Å². The van der Waals surface area contributed by atoms with E-state index in [9.17, 15) is 8.42 Å². The summed E-state index contributed by atoms with van der Waals surface area (Å²) in [4.78, 5) is 0.258. The Morgan fingerprint density at radius 2 is 1.30 bits per heavy atom. The molecule has 0 spiro atoms. The van der Waals surface area contributed by atoms with Crippen molar-refractivity contribution in [2.75, 3.05) is 4.72 Å². The Hall–Kier alpha value is -2.59. The van der Waals surface area contributed by atoms with Gasteiger partial charge in [0.25, 0.3) is 10.0 Å². The first-order valence-corrected chi connectivity index (χ1v) is 8.82. The van der Waals surface area contributed by atoms with Crippen molar-refractivity contribution in [2.45, 2.75) is 11.3 Å². The van der Waals surface area contributed by atoms with Crippen LogP contribution < -0.4 is 4.72 Å². The van der Waals surface area contributed by atoms with Gasteiger partial charge in [0.2, 0.25) is 0 Å². The van der Waals surface area contributed by atoms with Crippen molar-refractivity contribution in [3.05, 3.63) is 96.1 Å². The molecule has 1 N–H and O–H groups in total. The van der Waals surface area contributed by atoms with E-state index < -0.39 is 10.0 Å². The zero-order valence-corrected chi connectivity index (χ0v) is 13.3. The highest BCUT2D eigenvalue weighted by Crippen LogP contribution is 2.18. The normalized spacial score (nSPS) is 11.1. The molecule has 0 unspecified atom stereocenters. The monoisotopic (exact) mass is 323 g/mol. The molecule has 3 nitrogen and oxygen atoms in total. The lowest BCUT2D eigenvalue weighted by atomic mass is 10.0. The Kier molecular flexibility index (Phi) is 4.44. The first-order valence-electron chi connectivity index (χ1n) is 7.34. The molecule has 0 radical (unpaired) electrons. The van der Waals surface area contributed by atoms with Crippen LogP contribution in [-0.4, -0.2) is 8.42 Å². The van der Waals surface area contributed by atoms with E-state index in [-0.39, 0.29) is 4.90 Å². The van der Waals surface area contributed by atoms with Crippen LogP contribution in [-0.2, 0) is 16.4 Å². The number of anilines is 1. The summed E-state index contributed by atoms with van der Waals surface area (Å²) < 4.78 is 27.4. The highest BCUT2D eigenvalue weighted by molar-refractivity contribution is 7.92. The molecule has 0 saturated heterocycles. The average molecular weight is 323 g/mol. The summed E-state index contributed by atoms with van der Waals surface area (Å²) in [7, 11) is -3.55. The number of benzene rings is 3. The Labute approximate surface area is 136 Å². The third-order valence-electron chi connectivity index (χ3n) is 3.48. The van der Waals surface area contributed by atoms with Crippen molar-refractivity contribution in [3.8, 4) is 0 Å². The zero-order valence-electron chi connectivity index (χ0n) is 12.5. The minimum absolute atomic E-state index is 0.258. The number of sulfonamides is 1. The van der Waals surface area contributed by atoms with E-state index >= 15 is 0 Å². The first kappa shape index (κ1) is 15.3. The van der Waals surface area contributed by atoms with Gasteiger partial charge in [-0.05, 0) is 41.8 Å². The number of hydrogen-bond acceptors (Lipinski definition) is 2. The van der Waals surface area contributed by atoms with Crippen molar-refractivity contribution in [1.82, 2.24) is 0 Å². The van der Waals surface area contributed by atoms with Crippen LogP contribution in [0, 0.1) is 0 Å². The van der Waals surface area contributed by atoms with E-state index in [0.717, 1.165) is 12.0 Å². The molecule has 3 rings (SSSR count). The second kappa shape index (κ2) is 6.67. The van der Waals surface area contributed by atoms with Crippen LogP contribution in [0.1, 0.15) is 11.1 Å². The van der Waals surface area contributed by atoms with Gasteiger partial charge in [0.15, 0.2) is 0 Å². The van der Waals surface area contributed by atoms with Gasteiger partial charge >= 0.3 is 0 Å². The van der Waals surface area contributed by atoms with Crippen LogP contribution in [0.3, 0.4) is 0 Å². The molecule has 0 aromatic heterocycles. The van der Waals surface area contributed by atoms with E-state index in [1.807, 2.05) is 36.4 Å². The fraction of sp³-hybridized carbons (Fsp3) is 0.0526. The maximum Gasteiger partial charge on any atom is 0.261 e. The summed E-state index contributed by atoms with van der Waals surface area (Å²) in [6, 6.07) is 25.9. The first-order chi connectivity index (χ1) is 11.1. The lowest BCUT2D eigenvalue weighted by molar-refractivity contribution is 0.601. The molecule has 0 atom stereocenters. The molecule has 0 bridgehead atoms. The van der Waals surface area contributed by atoms with Crippen LogP contribution >= 0.6 is 0 Å². The number of hydrogen-bond donors (Lipinski definition) is 1. The van der Waals surface area contributed by atoms with Gasteiger partial charge in [0.1, 0.15) is 0 Å². The molecule has 0 aliphatic rings. The Balaban J connectivity index is 1.80. The zero-order chi connectivity index (χ0) is 16.1. The SMILES string of the molecule is O=S(=O)(Nc1cccc(Cc2ccccc2)c1)c1ccccc1. The topological polar surface area (TPSA) is 46.2 Å². The van der Waals surface area contributed by atoms with Crippen LogP contribution in [0.5, 0.6) is 0 Å². The summed E-state index contributed by atoms with van der Waals surface area (Å²) in [6.07, 6.45) is 0.766. The van der Waals surface area contributed by atoms with Gasteiger partial charge in [-0.25, -0.2) is 8.42 Å². The van der Waals surface area contributed by atoms with Crippen LogP contribution in [0.15, 0.2) is 89.8 Å². The third kappa shape index (κ3) is 3.99. The standard InChI is InChI=1S/C19H17NO2S/c21-23(22,19-12-5-2-6-13-19)20-18-11-7-10-17(15-18)14-16-8-3-1-4-9-16/h1-13,15,20H,14H2. The van der Waals surface area contributed by atoms with Gasteiger partial charge in [0.05, 0.1) is 4.90 Å². The highest BCUT2D eigenvalue weighted by Gasteiger charge is 2.13. The number of nitrogens with one attached hydrogen (secondary N) is 1. The Bertz CT molecular complexity index is 876. The molecule has 0 amide bonds. The van der Waals surface area contributed by atoms with Gasteiger partial charge < -0.3 is 0 Å². The second-order valence-corrected chi connectivity index (χ2v) is 6.96. The summed E-state index contributed by atoms with van der Waals surface area (Å²) in [6.45, 7) is 0. The molecule has 0 fully saturated rings. The smallest absolute Gasteiger partial charge is 0.261 e. The summed E-state index contributed by atoms with van der Waals surface area (Å²) in [5, 5.41) is 0. The van der Waals surface area contributed by atoms with Crippen LogP contribution in [0.4, 0.5) is 5.69 Å². The minimum Gasteiger partial charge on any atom is -0.280 e. The van der Waals surface area contributed by atoms with Gasteiger partial charge in [0, 0.05) is 5.69 Å². The molecule has 0 heterocycles. The minimum atomic E-state index is -3.55. The van der Waals surface area contributed by atoms with E-state index in [2.05, 4.69) is 16.9 Å². The predicted octanol–water partition coefficient (Wildman–Crippen LogP) is 4.08. The molecule has 23 heavy (non-hydrogen) atoms. The van der Waals surface area contributed by atoms with Gasteiger partial charge in [-0.3, -0.25) is 4.72 Å². The van der Waals surface area contributed by atoms with Crippen LogP contribution in [0.2, 0.25) is 0 Å². The van der Waals surface area contributed by atoms with Crippen LogP contribution in [0.25, 0.3) is 0 Å². The fourth-order valence-corrected chi connectivity index (χ4v) is 3.46. The third-order valence-corrected chi connectivity index (χ3v) is 4.88. The maximum absolute atomic E-state index is 12.4. The largest absolute Gasteiger partial charge is 0.280 e. The summed E-state index contributed by atoms with van der Waals surface area (Å²) in [5.74, 6) is 0. The highest BCUT2D eigenvalue weighted by atomic mass is 32.2. The van der Waals surface area contributed by atoms with Crippen molar-refractivity contribution < 1.29 is 8.42 Å². The summed E-state index contributed by atoms with van der Waals surface area (Å²) in [5.41, 5.74) is 2.82. The lowest BCUT2D eigenvalue weighted by Crippen LogP contribution is -2.12. The molecule has 3 aromatic carbocycles. The van der Waals surface area contributed by atoms with Crippen molar-refractivity contribution >= 4 is 15.7 Å². The van der Waals surface area contributed by atoms with Crippen molar-refractivity contribution in [3.63, 3.8) is 0 Å². The van der Waals surface area contributed by atoms with Crippen molar-refractivity contribution in [2.24, 2.45) is 0 Å². The predicted molar refractivity (Wildman–Crippen MR) is 92.9 cm³/mol. The Morgan fingerprint density at radius 3 is 2.00 bits per heavy atom. The van der Waals surface area contributed by atoms with Crippen molar-refractivity contribution in [1.29, 1.82) is 0 Å². The van der Waals surface area contributed by atoms with E-state index in [0.29, 0.717) is 5.69 Å². The number of rotatable bonds is 5.